The summed E-state index contributed by atoms with van der Waals surface area (Å²) in [6.07, 6.45) is 7.38. The fourth-order valence-corrected chi connectivity index (χ4v) is 2.22. The van der Waals surface area contributed by atoms with Crippen LogP contribution in [0, 0.1) is 34.0 Å². The Hall–Kier alpha value is 0. The zero-order chi connectivity index (χ0) is 17.8. The van der Waals surface area contributed by atoms with Crippen LogP contribution >= 0.6 is 0 Å². The summed E-state index contributed by atoms with van der Waals surface area (Å²) in [6, 6.07) is 0. The van der Waals surface area contributed by atoms with Gasteiger partial charge in [0.1, 0.15) is 0 Å². The van der Waals surface area contributed by atoms with Crippen molar-refractivity contribution in [2.45, 2.75) is 108 Å². The normalized spacial score (nSPS) is 19.6. The van der Waals surface area contributed by atoms with E-state index in [0.29, 0.717) is 16.2 Å². The van der Waals surface area contributed by atoms with E-state index in [9.17, 15) is 0 Å². The third kappa shape index (κ3) is 9.90. The van der Waals surface area contributed by atoms with Crippen molar-refractivity contribution in [2.24, 2.45) is 34.0 Å². The Balaban J connectivity index is 0.000000302. The molecule has 2 aliphatic rings. The third-order valence-corrected chi connectivity index (χ3v) is 5.86. The van der Waals surface area contributed by atoms with Crippen LogP contribution in [0.3, 0.4) is 0 Å². The van der Waals surface area contributed by atoms with E-state index in [1.165, 1.54) is 32.1 Å². The Morgan fingerprint density at radius 1 is 0.591 bits per heavy atom. The molecule has 0 unspecified atom stereocenters. The molecule has 0 nitrogen and oxygen atoms in total. The molecule has 0 N–H and O–H groups in total. The molecule has 0 aromatic rings. The van der Waals surface area contributed by atoms with Crippen LogP contribution in [0.2, 0.25) is 0 Å². The zero-order valence-electron chi connectivity index (χ0n) is 17.8. The highest BCUT2D eigenvalue weighted by molar-refractivity contribution is 4.84. The van der Waals surface area contributed by atoms with Crippen LogP contribution in [-0.4, -0.2) is 0 Å². The van der Waals surface area contributed by atoms with Crippen molar-refractivity contribution in [2.75, 3.05) is 0 Å². The van der Waals surface area contributed by atoms with Gasteiger partial charge in [0.05, 0.1) is 0 Å². The van der Waals surface area contributed by atoms with E-state index >= 15 is 0 Å². The Morgan fingerprint density at radius 2 is 0.864 bits per heavy atom. The van der Waals surface area contributed by atoms with Crippen LogP contribution in [-0.2, 0) is 0 Å². The van der Waals surface area contributed by atoms with E-state index in [2.05, 4.69) is 76.2 Å². The highest BCUT2D eigenvalue weighted by Gasteiger charge is 2.33. The second kappa shape index (κ2) is 8.20. The summed E-state index contributed by atoms with van der Waals surface area (Å²) < 4.78 is 0. The average Bonchev–Trinajstić information content (AvgIpc) is 2.91. The van der Waals surface area contributed by atoms with Gasteiger partial charge in [0, 0.05) is 0 Å². The minimum Gasteiger partial charge on any atom is -0.0623 e. The second-order valence-electron chi connectivity index (χ2n) is 11.2. The fourth-order valence-electron chi connectivity index (χ4n) is 2.22. The van der Waals surface area contributed by atoms with Gasteiger partial charge in [0.15, 0.2) is 0 Å². The highest BCUT2D eigenvalue weighted by atomic mass is 14.4. The molecule has 0 amide bonds. The lowest BCUT2D eigenvalue weighted by atomic mass is 9.69. The summed E-state index contributed by atoms with van der Waals surface area (Å²) in [6.45, 7) is 25.3. The maximum atomic E-state index is 2.34. The average molecular weight is 311 g/mol. The molecule has 0 radical (unpaired) electrons. The molecule has 2 aliphatic carbocycles. The van der Waals surface area contributed by atoms with E-state index < -0.39 is 0 Å². The SMILES string of the molecule is CC(C)(C)C1CC1.CC(C)(C)C1CCC1.CC(C)C(C)(C)C. The molecule has 0 aromatic heterocycles. The first-order valence-electron chi connectivity index (χ1n) is 9.65. The number of hydrogen-bond acceptors (Lipinski definition) is 0. The molecule has 0 aliphatic heterocycles. The van der Waals surface area contributed by atoms with E-state index in [0.717, 1.165) is 17.8 Å². The molecule has 0 saturated heterocycles. The maximum absolute atomic E-state index is 2.34. The fraction of sp³-hybridized carbons (Fsp3) is 1.00. The van der Waals surface area contributed by atoms with Crippen LogP contribution in [0.15, 0.2) is 0 Å². The van der Waals surface area contributed by atoms with Crippen molar-refractivity contribution >= 4 is 0 Å². The minimum atomic E-state index is 0.500. The topological polar surface area (TPSA) is 0 Å². The Kier molecular flexibility index (Phi) is 8.20. The molecule has 0 heterocycles. The molecule has 0 aromatic carbocycles. The maximum Gasteiger partial charge on any atom is -0.0354 e. The van der Waals surface area contributed by atoms with Gasteiger partial charge in [-0.05, 0) is 59.7 Å². The Bertz CT molecular complexity index is 269. The lowest BCUT2D eigenvalue weighted by molar-refractivity contribution is 0.141. The predicted octanol–water partition coefficient (Wildman–Crippen LogP) is 7.96. The monoisotopic (exact) mass is 310 g/mol. The van der Waals surface area contributed by atoms with Gasteiger partial charge in [-0.15, -0.1) is 0 Å². The van der Waals surface area contributed by atoms with Gasteiger partial charge in [0.2, 0.25) is 0 Å². The van der Waals surface area contributed by atoms with E-state index in [4.69, 9.17) is 0 Å². The molecular formula is C22H46. The van der Waals surface area contributed by atoms with Gasteiger partial charge in [-0.1, -0.05) is 82.6 Å². The molecule has 0 spiro atoms. The number of rotatable bonds is 0. The van der Waals surface area contributed by atoms with Crippen LogP contribution in [0.5, 0.6) is 0 Å². The molecule has 134 valence electrons. The first-order chi connectivity index (χ1) is 9.65. The minimum absolute atomic E-state index is 0.500. The number of hydrogen-bond donors (Lipinski definition) is 0. The Morgan fingerprint density at radius 3 is 0.864 bits per heavy atom. The zero-order valence-corrected chi connectivity index (χ0v) is 17.8. The summed E-state index contributed by atoms with van der Waals surface area (Å²) >= 11 is 0. The second-order valence-corrected chi connectivity index (χ2v) is 11.2. The molecule has 22 heavy (non-hydrogen) atoms. The molecule has 0 atom stereocenters. The van der Waals surface area contributed by atoms with Gasteiger partial charge in [-0.2, -0.15) is 0 Å². The summed E-state index contributed by atoms with van der Waals surface area (Å²) in [5.41, 5.74) is 1.71. The third-order valence-electron chi connectivity index (χ3n) is 5.86. The van der Waals surface area contributed by atoms with Crippen LogP contribution in [0.1, 0.15) is 108 Å². The van der Waals surface area contributed by atoms with E-state index in [1.807, 2.05) is 0 Å². The van der Waals surface area contributed by atoms with Crippen molar-refractivity contribution < 1.29 is 0 Å². The quantitative estimate of drug-likeness (QED) is 0.425. The lowest BCUT2D eigenvalue weighted by Gasteiger charge is -2.37. The highest BCUT2D eigenvalue weighted by Crippen LogP contribution is 2.44. The predicted molar refractivity (Wildman–Crippen MR) is 103 cm³/mol. The molecule has 2 rings (SSSR count). The first-order valence-corrected chi connectivity index (χ1v) is 9.65. The van der Waals surface area contributed by atoms with Crippen LogP contribution in [0.4, 0.5) is 0 Å². The van der Waals surface area contributed by atoms with Gasteiger partial charge in [-0.25, -0.2) is 0 Å². The van der Waals surface area contributed by atoms with Crippen molar-refractivity contribution in [3.05, 3.63) is 0 Å². The van der Waals surface area contributed by atoms with Crippen LogP contribution in [0.25, 0.3) is 0 Å². The largest absolute Gasteiger partial charge is 0.0623 e. The van der Waals surface area contributed by atoms with Crippen LogP contribution < -0.4 is 0 Å². The van der Waals surface area contributed by atoms with Crippen molar-refractivity contribution in [1.82, 2.24) is 0 Å². The van der Waals surface area contributed by atoms with Gasteiger partial charge in [-0.3, -0.25) is 0 Å². The van der Waals surface area contributed by atoms with Gasteiger partial charge >= 0.3 is 0 Å². The lowest BCUT2D eigenvalue weighted by Crippen LogP contribution is -2.26. The molecular weight excluding hydrogens is 264 g/mol. The molecule has 2 saturated carbocycles. The summed E-state index contributed by atoms with van der Waals surface area (Å²) in [7, 11) is 0. The Labute approximate surface area is 142 Å². The van der Waals surface area contributed by atoms with Crippen molar-refractivity contribution in [3.8, 4) is 0 Å². The van der Waals surface area contributed by atoms with E-state index in [-0.39, 0.29) is 0 Å². The molecule has 2 fully saturated rings. The van der Waals surface area contributed by atoms with Crippen molar-refractivity contribution in [3.63, 3.8) is 0 Å². The van der Waals surface area contributed by atoms with Crippen molar-refractivity contribution in [1.29, 1.82) is 0 Å². The summed E-state index contributed by atoms with van der Waals surface area (Å²) in [5.74, 6) is 2.88. The van der Waals surface area contributed by atoms with E-state index in [1.54, 1.807) is 0 Å². The standard InChI is InChI=1S/C8H16.C7H14.C7H16/c1-8(2,3)7-5-4-6-7;1-7(2,3)6-4-5-6;1-6(2)7(3,4)5/h7H,4-6H2,1-3H3;6H,4-5H2,1-3H3;6H,1-5H3. The smallest absolute Gasteiger partial charge is 0.0354 e. The first kappa shape index (κ1) is 22.0. The van der Waals surface area contributed by atoms with Gasteiger partial charge in [0.25, 0.3) is 0 Å². The summed E-state index contributed by atoms with van der Waals surface area (Å²) in [5, 5.41) is 0. The molecule has 0 bridgehead atoms. The van der Waals surface area contributed by atoms with Gasteiger partial charge < -0.3 is 0 Å². The molecule has 0 heteroatoms. The summed E-state index contributed by atoms with van der Waals surface area (Å²) in [4.78, 5) is 0.